The van der Waals surface area contributed by atoms with E-state index in [1.807, 2.05) is 36.4 Å². The van der Waals surface area contributed by atoms with Gasteiger partial charge in [0.2, 0.25) is 11.8 Å². The second-order valence-electron chi connectivity index (χ2n) is 12.2. The lowest BCUT2D eigenvalue weighted by atomic mass is 10.00. The van der Waals surface area contributed by atoms with E-state index in [0.717, 1.165) is 36.5 Å². The zero-order valence-corrected chi connectivity index (χ0v) is 26.7. The zero-order chi connectivity index (χ0) is 33.0. The Morgan fingerprint density at radius 3 is 2.22 bits per heavy atom. The minimum atomic E-state index is -1.18. The topological polar surface area (TPSA) is 151 Å². The number of benzene rings is 3. The number of carbonyl (C=O) groups excluding carboxylic acids is 4. The number of hydrogen-bond donors (Lipinski definition) is 4. The Morgan fingerprint density at radius 1 is 0.911 bits per heavy atom. The van der Waals surface area contributed by atoms with Crippen LogP contribution in [0, 0.1) is 0 Å². The molecule has 0 fully saturated rings. The first-order chi connectivity index (χ1) is 21.4. The highest BCUT2D eigenvalue weighted by Gasteiger charge is 2.36. The predicted octanol–water partition coefficient (Wildman–Crippen LogP) is 6.18. The van der Waals surface area contributed by atoms with Crippen LogP contribution in [0.3, 0.4) is 0 Å². The second kappa shape index (κ2) is 16.5. The molecule has 5 N–H and O–H groups in total. The Morgan fingerprint density at radius 2 is 1.58 bits per heavy atom. The number of rotatable bonds is 15. The number of hydrogen-bond acceptors (Lipinski definition) is 6. The fourth-order valence-electron chi connectivity index (χ4n) is 5.05. The number of anilines is 1. The lowest BCUT2D eigenvalue weighted by Gasteiger charge is -2.34. The van der Waals surface area contributed by atoms with E-state index in [2.05, 4.69) is 17.6 Å². The number of aromatic hydroxyl groups is 1. The van der Waals surface area contributed by atoms with Gasteiger partial charge in [-0.25, -0.2) is 4.79 Å². The average Bonchev–Trinajstić information content (AvgIpc) is 2.98. The summed E-state index contributed by atoms with van der Waals surface area (Å²) in [5.41, 5.74) is 5.62. The van der Waals surface area contributed by atoms with Crippen LogP contribution in [0.4, 0.5) is 10.5 Å². The Hall–Kier alpha value is -4.60. The van der Waals surface area contributed by atoms with Gasteiger partial charge in [0.25, 0.3) is 5.91 Å². The number of carbonyl (C=O) groups is 4. The molecular weight excluding hydrogens is 572 g/mol. The number of alkyl carbamates (subject to hydrolysis) is 1. The average molecular weight is 619 g/mol. The molecule has 45 heavy (non-hydrogen) atoms. The first kappa shape index (κ1) is 34.9. The standard InChI is InChI=1S/C35H46N4O6/c1-5-6-7-8-11-22-39(33(43)29(20-21-30(36)41)38-34(44)45-35(2,3)4)31(25-15-18-28(40)19-16-25)32(42)37-27-17-14-24-12-9-10-13-26(24)23-27/h9-10,12-19,23,29,31,40H,5-8,11,20-22H2,1-4H3,(H2,36,41)(H,37,42)(H,38,44). The molecule has 0 aliphatic rings. The number of fused-ring (bicyclic) bond motifs is 1. The van der Waals surface area contributed by atoms with Gasteiger partial charge in [0.05, 0.1) is 0 Å². The quantitative estimate of drug-likeness (QED) is 0.149. The summed E-state index contributed by atoms with van der Waals surface area (Å²) >= 11 is 0. The molecule has 10 heteroatoms. The maximum Gasteiger partial charge on any atom is 0.408 e. The van der Waals surface area contributed by atoms with Crippen LogP contribution >= 0.6 is 0 Å². The molecule has 0 aliphatic heterocycles. The first-order valence-corrected chi connectivity index (χ1v) is 15.5. The third-order valence-corrected chi connectivity index (χ3v) is 7.24. The van der Waals surface area contributed by atoms with Crippen LogP contribution in [-0.2, 0) is 19.1 Å². The fourth-order valence-corrected chi connectivity index (χ4v) is 5.05. The van der Waals surface area contributed by atoms with Gasteiger partial charge in [0.15, 0.2) is 0 Å². The van der Waals surface area contributed by atoms with Crippen LogP contribution in [0.15, 0.2) is 66.7 Å². The molecule has 0 saturated heterocycles. The largest absolute Gasteiger partial charge is 0.508 e. The zero-order valence-electron chi connectivity index (χ0n) is 26.7. The summed E-state index contributed by atoms with van der Waals surface area (Å²) in [6, 6.07) is 17.1. The Balaban J connectivity index is 2.02. The van der Waals surface area contributed by atoms with E-state index in [9.17, 15) is 24.3 Å². The van der Waals surface area contributed by atoms with E-state index in [0.29, 0.717) is 17.7 Å². The van der Waals surface area contributed by atoms with Crippen molar-refractivity contribution in [2.75, 3.05) is 11.9 Å². The SMILES string of the molecule is CCCCCCCN(C(=O)C(CCC(N)=O)NC(=O)OC(C)(C)C)C(C(=O)Nc1ccc2ccccc2c1)c1ccc(O)cc1. The van der Waals surface area contributed by atoms with Crippen molar-refractivity contribution in [2.24, 2.45) is 5.73 Å². The number of ether oxygens (including phenoxy) is 1. The summed E-state index contributed by atoms with van der Waals surface area (Å²) in [6.45, 7) is 7.43. The van der Waals surface area contributed by atoms with Gasteiger partial charge in [0, 0.05) is 18.7 Å². The number of primary amides is 1. The van der Waals surface area contributed by atoms with Gasteiger partial charge >= 0.3 is 6.09 Å². The molecule has 0 aliphatic carbocycles. The number of phenols is 1. The smallest absolute Gasteiger partial charge is 0.408 e. The lowest BCUT2D eigenvalue weighted by molar-refractivity contribution is -0.141. The molecule has 242 valence electrons. The van der Waals surface area contributed by atoms with Gasteiger partial charge in [0.1, 0.15) is 23.4 Å². The molecule has 3 aromatic carbocycles. The highest BCUT2D eigenvalue weighted by Crippen LogP contribution is 2.28. The molecule has 0 saturated carbocycles. The van der Waals surface area contributed by atoms with E-state index in [1.165, 1.54) is 17.0 Å². The summed E-state index contributed by atoms with van der Waals surface area (Å²) < 4.78 is 5.41. The molecule has 2 unspecified atom stereocenters. The highest BCUT2D eigenvalue weighted by molar-refractivity contribution is 6.00. The van der Waals surface area contributed by atoms with E-state index in [1.54, 1.807) is 39.0 Å². The maximum atomic E-state index is 14.4. The monoisotopic (exact) mass is 618 g/mol. The molecule has 0 spiro atoms. The van der Waals surface area contributed by atoms with E-state index in [4.69, 9.17) is 10.5 Å². The number of nitrogens with one attached hydrogen (secondary N) is 2. The Kier molecular flexibility index (Phi) is 12.8. The number of nitrogens with zero attached hydrogens (tertiary/aromatic N) is 1. The van der Waals surface area contributed by atoms with Gasteiger partial charge in [-0.3, -0.25) is 14.4 Å². The molecule has 0 bridgehead atoms. The second-order valence-corrected chi connectivity index (χ2v) is 12.2. The van der Waals surface area contributed by atoms with Crippen molar-refractivity contribution in [1.82, 2.24) is 10.2 Å². The van der Waals surface area contributed by atoms with Gasteiger partial charge in [-0.15, -0.1) is 0 Å². The van der Waals surface area contributed by atoms with Crippen molar-refractivity contribution in [3.05, 3.63) is 72.3 Å². The van der Waals surface area contributed by atoms with Crippen molar-refractivity contribution in [2.45, 2.75) is 90.3 Å². The minimum absolute atomic E-state index is 0.0100. The van der Waals surface area contributed by atoms with Gasteiger partial charge in [-0.1, -0.05) is 75.1 Å². The van der Waals surface area contributed by atoms with Gasteiger partial charge in [-0.05, 0) is 74.2 Å². The van der Waals surface area contributed by atoms with E-state index < -0.39 is 41.5 Å². The number of nitrogens with two attached hydrogens (primary N) is 1. The summed E-state index contributed by atoms with van der Waals surface area (Å²) in [7, 11) is 0. The van der Waals surface area contributed by atoms with Crippen LogP contribution in [0.25, 0.3) is 10.8 Å². The molecule has 0 aromatic heterocycles. The maximum absolute atomic E-state index is 14.4. The van der Waals surface area contributed by atoms with Crippen molar-refractivity contribution in [1.29, 1.82) is 0 Å². The van der Waals surface area contributed by atoms with Crippen molar-refractivity contribution >= 4 is 40.3 Å². The van der Waals surface area contributed by atoms with E-state index >= 15 is 0 Å². The molecular formula is C35H46N4O6. The normalized spacial score (nSPS) is 12.6. The fraction of sp³-hybridized carbons (Fsp3) is 0.429. The minimum Gasteiger partial charge on any atom is -0.508 e. The van der Waals surface area contributed by atoms with Crippen LogP contribution in [-0.4, -0.2) is 52.0 Å². The van der Waals surface area contributed by atoms with Crippen LogP contribution < -0.4 is 16.4 Å². The number of phenolic OH excluding ortho intramolecular Hbond substituents is 1. The molecule has 3 aromatic rings. The lowest BCUT2D eigenvalue weighted by Crippen LogP contribution is -2.52. The molecule has 3 rings (SSSR count). The Labute approximate surface area is 265 Å². The summed E-state index contributed by atoms with van der Waals surface area (Å²) in [6.07, 6.45) is 3.43. The van der Waals surface area contributed by atoms with Crippen LogP contribution in [0.5, 0.6) is 5.75 Å². The summed E-state index contributed by atoms with van der Waals surface area (Å²) in [4.78, 5) is 54.5. The third-order valence-electron chi connectivity index (χ3n) is 7.24. The summed E-state index contributed by atoms with van der Waals surface area (Å²) in [5.74, 6) is -1.64. The van der Waals surface area contributed by atoms with E-state index in [-0.39, 0.29) is 25.1 Å². The molecule has 2 atom stereocenters. The van der Waals surface area contributed by atoms with Gasteiger partial charge in [-0.2, -0.15) is 0 Å². The predicted molar refractivity (Wildman–Crippen MR) is 175 cm³/mol. The highest BCUT2D eigenvalue weighted by atomic mass is 16.6. The van der Waals surface area contributed by atoms with Crippen molar-refractivity contribution in [3.63, 3.8) is 0 Å². The summed E-state index contributed by atoms with van der Waals surface area (Å²) in [5, 5.41) is 17.5. The Bertz CT molecular complexity index is 1450. The first-order valence-electron chi connectivity index (χ1n) is 15.5. The molecule has 0 heterocycles. The van der Waals surface area contributed by atoms with Crippen molar-refractivity contribution in [3.8, 4) is 5.75 Å². The van der Waals surface area contributed by atoms with Crippen LogP contribution in [0.2, 0.25) is 0 Å². The number of unbranched alkanes of at least 4 members (excludes halogenated alkanes) is 4. The molecule has 10 nitrogen and oxygen atoms in total. The molecule has 4 amide bonds. The molecule has 0 radical (unpaired) electrons. The number of amides is 4. The van der Waals surface area contributed by atoms with Gasteiger partial charge < -0.3 is 31.1 Å². The van der Waals surface area contributed by atoms with Crippen LogP contribution in [0.1, 0.15) is 84.2 Å². The van der Waals surface area contributed by atoms with Crippen molar-refractivity contribution < 1.29 is 29.0 Å². The third kappa shape index (κ3) is 11.1.